The Bertz CT molecular complexity index is 935. The SMILES string of the molecule is CCOC(=O)C(=CCC[C@H]1CCNC1=O)NC(=O)c1cc2cc(F)ccc2[nH]1. The topological polar surface area (TPSA) is 100 Å². The van der Waals surface area contributed by atoms with E-state index < -0.39 is 17.7 Å². The van der Waals surface area contributed by atoms with Gasteiger partial charge >= 0.3 is 5.97 Å². The summed E-state index contributed by atoms with van der Waals surface area (Å²) in [5, 5.41) is 5.88. The Balaban J connectivity index is 1.71. The van der Waals surface area contributed by atoms with Crippen LogP contribution in [0.25, 0.3) is 10.9 Å². The summed E-state index contributed by atoms with van der Waals surface area (Å²) in [6.07, 6.45) is 3.36. The van der Waals surface area contributed by atoms with Crippen molar-refractivity contribution in [3.8, 4) is 0 Å². The van der Waals surface area contributed by atoms with Crippen molar-refractivity contribution in [3.63, 3.8) is 0 Å². The molecule has 1 atom stereocenters. The van der Waals surface area contributed by atoms with Crippen LogP contribution < -0.4 is 10.6 Å². The van der Waals surface area contributed by atoms with Crippen LogP contribution in [0.1, 0.15) is 36.7 Å². The number of halogens is 1. The minimum absolute atomic E-state index is 0.0143. The van der Waals surface area contributed by atoms with Crippen molar-refractivity contribution in [2.45, 2.75) is 26.2 Å². The van der Waals surface area contributed by atoms with Crippen LogP contribution in [0.3, 0.4) is 0 Å². The number of rotatable bonds is 7. The summed E-state index contributed by atoms with van der Waals surface area (Å²) in [5.74, 6) is -1.65. The van der Waals surface area contributed by atoms with Crippen molar-refractivity contribution in [1.29, 1.82) is 0 Å². The van der Waals surface area contributed by atoms with Crippen LogP contribution >= 0.6 is 0 Å². The van der Waals surface area contributed by atoms with Crippen molar-refractivity contribution in [2.75, 3.05) is 13.2 Å². The Morgan fingerprint density at radius 2 is 2.18 bits per heavy atom. The molecule has 1 aliphatic rings. The van der Waals surface area contributed by atoms with Crippen LogP contribution in [0.5, 0.6) is 0 Å². The van der Waals surface area contributed by atoms with Crippen LogP contribution in [0.4, 0.5) is 4.39 Å². The number of carbonyl (C=O) groups excluding carboxylic acids is 3. The van der Waals surface area contributed by atoms with Gasteiger partial charge in [-0.3, -0.25) is 9.59 Å². The van der Waals surface area contributed by atoms with Gasteiger partial charge in [0.2, 0.25) is 5.91 Å². The highest BCUT2D eigenvalue weighted by Gasteiger charge is 2.23. The number of ether oxygens (including phenoxy) is 1. The fourth-order valence-electron chi connectivity index (χ4n) is 3.16. The molecule has 0 radical (unpaired) electrons. The van der Waals surface area contributed by atoms with E-state index >= 15 is 0 Å². The van der Waals surface area contributed by atoms with Crippen LogP contribution in [0, 0.1) is 11.7 Å². The number of benzene rings is 1. The van der Waals surface area contributed by atoms with Crippen LogP contribution in [-0.2, 0) is 14.3 Å². The van der Waals surface area contributed by atoms with Gasteiger partial charge in [-0.15, -0.1) is 0 Å². The third kappa shape index (κ3) is 4.57. The van der Waals surface area contributed by atoms with E-state index in [0.717, 1.165) is 6.42 Å². The number of hydrogen-bond donors (Lipinski definition) is 3. The summed E-state index contributed by atoms with van der Waals surface area (Å²) in [7, 11) is 0. The maximum atomic E-state index is 13.3. The molecule has 2 aromatic rings. The highest BCUT2D eigenvalue weighted by atomic mass is 19.1. The Hall–Kier alpha value is -3.16. The molecule has 7 nitrogen and oxygen atoms in total. The molecule has 3 N–H and O–H groups in total. The summed E-state index contributed by atoms with van der Waals surface area (Å²) in [6.45, 7) is 2.50. The normalized spacial score (nSPS) is 16.9. The lowest BCUT2D eigenvalue weighted by molar-refractivity contribution is -0.138. The van der Waals surface area contributed by atoms with Gasteiger partial charge in [0.15, 0.2) is 0 Å². The second kappa shape index (κ2) is 8.69. The number of fused-ring (bicyclic) bond motifs is 1. The molecule has 0 saturated carbocycles. The first-order chi connectivity index (χ1) is 13.5. The van der Waals surface area contributed by atoms with Crippen LogP contribution in [0.2, 0.25) is 0 Å². The van der Waals surface area contributed by atoms with E-state index in [9.17, 15) is 18.8 Å². The second-order valence-corrected chi connectivity index (χ2v) is 6.56. The number of allylic oxidation sites excluding steroid dienone is 1. The molecule has 0 spiro atoms. The third-order valence-corrected chi connectivity index (χ3v) is 4.60. The summed E-state index contributed by atoms with van der Waals surface area (Å²) >= 11 is 0. The molecule has 148 valence electrons. The van der Waals surface area contributed by atoms with Crippen molar-refractivity contribution in [1.82, 2.24) is 15.6 Å². The molecule has 28 heavy (non-hydrogen) atoms. The number of esters is 1. The highest BCUT2D eigenvalue weighted by molar-refractivity contribution is 6.02. The molecular weight excluding hydrogens is 365 g/mol. The zero-order chi connectivity index (χ0) is 20.1. The molecule has 0 aliphatic carbocycles. The monoisotopic (exact) mass is 387 g/mol. The lowest BCUT2D eigenvalue weighted by Gasteiger charge is -2.09. The molecule has 3 rings (SSSR count). The number of amides is 2. The number of nitrogens with one attached hydrogen (secondary N) is 3. The lowest BCUT2D eigenvalue weighted by Crippen LogP contribution is -2.29. The van der Waals surface area contributed by atoms with E-state index in [2.05, 4.69) is 15.6 Å². The Kier molecular flexibility index (Phi) is 6.08. The van der Waals surface area contributed by atoms with Crippen molar-refractivity contribution in [3.05, 3.63) is 47.5 Å². The fourth-order valence-corrected chi connectivity index (χ4v) is 3.16. The first kappa shape index (κ1) is 19.6. The molecule has 1 fully saturated rings. The van der Waals surface area contributed by atoms with E-state index in [1.54, 1.807) is 13.0 Å². The second-order valence-electron chi connectivity index (χ2n) is 6.56. The van der Waals surface area contributed by atoms with Crippen LogP contribution in [0.15, 0.2) is 36.0 Å². The van der Waals surface area contributed by atoms with E-state index in [-0.39, 0.29) is 29.8 Å². The van der Waals surface area contributed by atoms with Gasteiger partial charge in [0.05, 0.1) is 6.61 Å². The van der Waals surface area contributed by atoms with Gasteiger partial charge in [-0.1, -0.05) is 6.08 Å². The minimum atomic E-state index is -0.645. The first-order valence-electron chi connectivity index (χ1n) is 9.22. The smallest absolute Gasteiger partial charge is 0.354 e. The summed E-state index contributed by atoms with van der Waals surface area (Å²) in [6, 6.07) is 5.66. The van der Waals surface area contributed by atoms with Crippen molar-refractivity contribution in [2.24, 2.45) is 5.92 Å². The maximum Gasteiger partial charge on any atom is 0.354 e. The number of H-pyrrole nitrogens is 1. The highest BCUT2D eigenvalue weighted by Crippen LogP contribution is 2.18. The molecule has 2 amide bonds. The zero-order valence-electron chi connectivity index (χ0n) is 15.5. The fraction of sp³-hybridized carbons (Fsp3) is 0.350. The molecule has 1 aromatic carbocycles. The van der Waals surface area contributed by atoms with Crippen LogP contribution in [-0.4, -0.2) is 35.9 Å². The third-order valence-electron chi connectivity index (χ3n) is 4.60. The number of carbonyl (C=O) groups is 3. The number of hydrogen-bond acceptors (Lipinski definition) is 4. The largest absolute Gasteiger partial charge is 0.461 e. The molecule has 2 heterocycles. The Labute approximate surface area is 161 Å². The Morgan fingerprint density at radius 3 is 2.89 bits per heavy atom. The van der Waals surface area contributed by atoms with Crippen molar-refractivity contribution < 1.29 is 23.5 Å². The minimum Gasteiger partial charge on any atom is -0.461 e. The predicted molar refractivity (Wildman–Crippen MR) is 101 cm³/mol. The molecule has 1 saturated heterocycles. The van der Waals surface area contributed by atoms with E-state index in [1.807, 2.05) is 0 Å². The average molecular weight is 387 g/mol. The van der Waals surface area contributed by atoms with Gasteiger partial charge in [0.1, 0.15) is 17.2 Å². The quantitative estimate of drug-likeness (QED) is 0.502. The molecular formula is C20H22FN3O4. The van der Waals surface area contributed by atoms with E-state index in [4.69, 9.17) is 4.74 Å². The molecule has 1 aliphatic heterocycles. The first-order valence-corrected chi connectivity index (χ1v) is 9.22. The molecule has 0 bridgehead atoms. The maximum absolute atomic E-state index is 13.3. The number of aromatic amines is 1. The molecule has 8 heteroatoms. The lowest BCUT2D eigenvalue weighted by atomic mass is 10.0. The number of aromatic nitrogens is 1. The van der Waals surface area contributed by atoms with E-state index in [0.29, 0.717) is 30.3 Å². The van der Waals surface area contributed by atoms with Crippen molar-refractivity contribution >= 4 is 28.7 Å². The standard InChI is InChI=1S/C20H22FN3O4/c1-2-28-20(27)16(5-3-4-12-8-9-22-18(12)25)24-19(26)17-11-13-10-14(21)6-7-15(13)23-17/h5-7,10-12,23H,2-4,8-9H2,1H3,(H,22,25)(H,24,26)/t12-/m0/s1. The summed E-state index contributed by atoms with van der Waals surface area (Å²) < 4.78 is 18.3. The summed E-state index contributed by atoms with van der Waals surface area (Å²) in [5.41, 5.74) is 0.835. The van der Waals surface area contributed by atoms with Gasteiger partial charge in [-0.25, -0.2) is 9.18 Å². The average Bonchev–Trinajstić information content (AvgIpc) is 3.26. The predicted octanol–water partition coefficient (Wildman–Crippen LogP) is 2.40. The summed E-state index contributed by atoms with van der Waals surface area (Å²) in [4.78, 5) is 39.2. The van der Waals surface area contributed by atoms with Gasteiger partial charge < -0.3 is 20.4 Å². The van der Waals surface area contributed by atoms with Gasteiger partial charge in [-0.2, -0.15) is 0 Å². The van der Waals surface area contributed by atoms with Gasteiger partial charge in [0.25, 0.3) is 5.91 Å². The molecule has 0 unspecified atom stereocenters. The van der Waals surface area contributed by atoms with Gasteiger partial charge in [-0.05, 0) is 50.5 Å². The molecule has 1 aromatic heterocycles. The van der Waals surface area contributed by atoms with E-state index in [1.165, 1.54) is 24.3 Å². The Morgan fingerprint density at radius 1 is 1.36 bits per heavy atom. The zero-order valence-corrected chi connectivity index (χ0v) is 15.5. The van der Waals surface area contributed by atoms with Gasteiger partial charge in [0, 0.05) is 23.4 Å².